The molecule has 0 aliphatic heterocycles. The first-order valence-electron chi connectivity index (χ1n) is 7.21. The Balaban J connectivity index is 2.51. The van der Waals surface area contributed by atoms with Crippen molar-refractivity contribution < 1.29 is 0 Å². The van der Waals surface area contributed by atoms with Crippen LogP contribution in [0.1, 0.15) is 43.6 Å². The fourth-order valence-electron chi connectivity index (χ4n) is 2.04. The van der Waals surface area contributed by atoms with Crippen molar-refractivity contribution >= 4 is 5.82 Å². The molecule has 0 fully saturated rings. The van der Waals surface area contributed by atoms with Crippen molar-refractivity contribution in [2.24, 2.45) is 0 Å². The predicted octanol–water partition coefficient (Wildman–Crippen LogP) is 4.32. The minimum Gasteiger partial charge on any atom is -0.370 e. The molecule has 0 spiro atoms. The van der Waals surface area contributed by atoms with E-state index >= 15 is 0 Å². The van der Waals surface area contributed by atoms with Gasteiger partial charge in [-0.05, 0) is 38.0 Å². The van der Waals surface area contributed by atoms with Crippen molar-refractivity contribution in [2.75, 3.05) is 11.9 Å². The van der Waals surface area contributed by atoms with Gasteiger partial charge in [0.05, 0.1) is 5.69 Å². The zero-order chi connectivity index (χ0) is 14.7. The molecule has 0 radical (unpaired) electrons. The Morgan fingerprint density at radius 2 is 1.80 bits per heavy atom. The van der Waals surface area contributed by atoms with Crippen molar-refractivity contribution in [3.63, 3.8) is 0 Å². The molecule has 0 bridgehead atoms. The fourth-order valence-corrected chi connectivity index (χ4v) is 2.04. The van der Waals surface area contributed by atoms with Gasteiger partial charge in [-0.1, -0.05) is 26.0 Å². The van der Waals surface area contributed by atoms with E-state index in [0.717, 1.165) is 29.4 Å². The lowest BCUT2D eigenvalue weighted by Crippen LogP contribution is -2.06. The first-order valence-corrected chi connectivity index (χ1v) is 7.21. The average Bonchev–Trinajstić information content (AvgIpc) is 2.42. The third-order valence-electron chi connectivity index (χ3n) is 3.42. The van der Waals surface area contributed by atoms with Gasteiger partial charge < -0.3 is 5.32 Å². The summed E-state index contributed by atoms with van der Waals surface area (Å²) in [6.07, 6.45) is 0. The molecule has 1 N–H and O–H groups in total. The molecule has 106 valence electrons. The minimum absolute atomic E-state index is 0.318. The molecule has 0 saturated heterocycles. The third kappa shape index (κ3) is 3.16. The Kier molecular flexibility index (Phi) is 4.38. The Labute approximate surface area is 121 Å². The van der Waals surface area contributed by atoms with Crippen molar-refractivity contribution in [2.45, 2.75) is 40.5 Å². The van der Waals surface area contributed by atoms with Gasteiger partial charge in [0.2, 0.25) is 0 Å². The number of hydrogen-bond acceptors (Lipinski definition) is 3. The number of rotatable bonds is 4. The zero-order valence-electron chi connectivity index (χ0n) is 13.0. The fraction of sp³-hybridized carbons (Fsp3) is 0.412. The van der Waals surface area contributed by atoms with E-state index in [1.165, 1.54) is 11.1 Å². The van der Waals surface area contributed by atoms with Crippen LogP contribution in [0, 0.1) is 13.8 Å². The zero-order valence-corrected chi connectivity index (χ0v) is 13.0. The summed E-state index contributed by atoms with van der Waals surface area (Å²) in [4.78, 5) is 9.27. The summed E-state index contributed by atoms with van der Waals surface area (Å²) in [7, 11) is 0. The lowest BCUT2D eigenvalue weighted by Gasteiger charge is -2.12. The van der Waals surface area contributed by atoms with Gasteiger partial charge in [-0.25, -0.2) is 9.97 Å². The van der Waals surface area contributed by atoms with E-state index in [1.54, 1.807) is 0 Å². The Hall–Kier alpha value is -1.90. The van der Waals surface area contributed by atoms with Gasteiger partial charge in [-0.3, -0.25) is 0 Å². The Morgan fingerprint density at radius 3 is 2.40 bits per heavy atom. The highest BCUT2D eigenvalue weighted by molar-refractivity contribution is 5.64. The molecule has 1 aromatic heterocycles. The smallest absolute Gasteiger partial charge is 0.133 e. The summed E-state index contributed by atoms with van der Waals surface area (Å²) >= 11 is 0. The number of benzene rings is 1. The van der Waals surface area contributed by atoms with E-state index in [-0.39, 0.29) is 0 Å². The number of nitrogens with zero attached hydrogens (tertiary/aromatic N) is 2. The molecule has 3 nitrogen and oxygen atoms in total. The van der Waals surface area contributed by atoms with Gasteiger partial charge in [0.15, 0.2) is 0 Å². The highest BCUT2D eigenvalue weighted by Gasteiger charge is 2.09. The van der Waals surface area contributed by atoms with Gasteiger partial charge in [0, 0.05) is 24.1 Å². The summed E-state index contributed by atoms with van der Waals surface area (Å²) in [6, 6.07) is 8.50. The molecule has 0 unspecified atom stereocenters. The van der Waals surface area contributed by atoms with E-state index < -0.39 is 0 Å². The maximum atomic E-state index is 4.71. The van der Waals surface area contributed by atoms with Crippen molar-refractivity contribution in [1.82, 2.24) is 9.97 Å². The maximum Gasteiger partial charge on any atom is 0.133 e. The van der Waals surface area contributed by atoms with Crippen LogP contribution >= 0.6 is 0 Å². The summed E-state index contributed by atoms with van der Waals surface area (Å²) in [5.74, 6) is 2.11. The molecular weight excluding hydrogens is 246 g/mol. The number of aryl methyl sites for hydroxylation is 2. The highest BCUT2D eigenvalue weighted by atomic mass is 15.0. The quantitative estimate of drug-likeness (QED) is 0.898. The van der Waals surface area contributed by atoms with Gasteiger partial charge in [-0.15, -0.1) is 0 Å². The van der Waals surface area contributed by atoms with Crippen molar-refractivity contribution in [1.29, 1.82) is 0 Å². The van der Waals surface area contributed by atoms with Crippen molar-refractivity contribution in [3.05, 3.63) is 41.2 Å². The molecule has 0 atom stereocenters. The first-order chi connectivity index (χ1) is 9.51. The molecule has 0 aliphatic carbocycles. The Bertz CT molecular complexity index is 603. The van der Waals surface area contributed by atoms with Crippen LogP contribution in [-0.2, 0) is 0 Å². The number of hydrogen-bond donors (Lipinski definition) is 1. The van der Waals surface area contributed by atoms with E-state index in [9.17, 15) is 0 Å². The van der Waals surface area contributed by atoms with Crippen LogP contribution in [0.2, 0.25) is 0 Å². The molecule has 20 heavy (non-hydrogen) atoms. The topological polar surface area (TPSA) is 37.8 Å². The Morgan fingerprint density at radius 1 is 1.05 bits per heavy atom. The monoisotopic (exact) mass is 269 g/mol. The van der Waals surface area contributed by atoms with E-state index in [0.29, 0.717) is 5.92 Å². The lowest BCUT2D eigenvalue weighted by atomic mass is 10.0. The predicted molar refractivity (Wildman–Crippen MR) is 85.2 cm³/mol. The average molecular weight is 269 g/mol. The van der Waals surface area contributed by atoms with Crippen LogP contribution in [0.15, 0.2) is 24.3 Å². The molecule has 1 aromatic carbocycles. The van der Waals surface area contributed by atoms with Crippen LogP contribution in [-0.4, -0.2) is 16.5 Å². The number of nitrogens with one attached hydrogen (secondary N) is 1. The molecular formula is C17H23N3. The lowest BCUT2D eigenvalue weighted by molar-refractivity contribution is 0.776. The van der Waals surface area contributed by atoms with Crippen LogP contribution < -0.4 is 5.32 Å². The van der Waals surface area contributed by atoms with Crippen molar-refractivity contribution in [3.8, 4) is 11.3 Å². The molecule has 0 saturated carbocycles. The number of aromatic nitrogens is 2. The first kappa shape index (κ1) is 14.5. The minimum atomic E-state index is 0.318. The highest BCUT2D eigenvalue weighted by Crippen LogP contribution is 2.24. The summed E-state index contributed by atoms with van der Waals surface area (Å²) < 4.78 is 0. The van der Waals surface area contributed by atoms with Crippen LogP contribution in [0.5, 0.6) is 0 Å². The third-order valence-corrected chi connectivity index (χ3v) is 3.42. The van der Waals surface area contributed by atoms with Crippen LogP contribution in [0.3, 0.4) is 0 Å². The van der Waals surface area contributed by atoms with Crippen LogP contribution in [0.4, 0.5) is 5.82 Å². The van der Waals surface area contributed by atoms with Crippen LogP contribution in [0.25, 0.3) is 11.3 Å². The second-order valence-electron chi connectivity index (χ2n) is 5.48. The molecule has 0 aliphatic rings. The van der Waals surface area contributed by atoms with E-state index in [1.807, 2.05) is 6.07 Å². The van der Waals surface area contributed by atoms with Gasteiger partial charge in [0.25, 0.3) is 0 Å². The summed E-state index contributed by atoms with van der Waals surface area (Å²) in [5.41, 5.74) is 4.73. The maximum absolute atomic E-state index is 4.71. The SMILES string of the molecule is CCNc1cc(-c2ccc(C)c(C)c2)nc(C(C)C)n1. The second-order valence-corrected chi connectivity index (χ2v) is 5.48. The normalized spacial score (nSPS) is 10.9. The standard InChI is InChI=1S/C17H23N3/c1-6-18-16-10-15(19-17(20-16)11(2)3)14-8-7-12(4)13(5)9-14/h7-11H,6H2,1-5H3,(H,18,19,20). The van der Waals surface area contributed by atoms with Gasteiger partial charge in [0.1, 0.15) is 11.6 Å². The van der Waals surface area contributed by atoms with Gasteiger partial charge >= 0.3 is 0 Å². The largest absolute Gasteiger partial charge is 0.370 e. The molecule has 0 amide bonds. The number of anilines is 1. The molecule has 2 aromatic rings. The second kappa shape index (κ2) is 6.04. The summed E-state index contributed by atoms with van der Waals surface area (Å²) in [6.45, 7) is 11.4. The van der Waals surface area contributed by atoms with Gasteiger partial charge in [-0.2, -0.15) is 0 Å². The molecule has 2 rings (SSSR count). The van der Waals surface area contributed by atoms with E-state index in [4.69, 9.17) is 4.98 Å². The molecule has 1 heterocycles. The van der Waals surface area contributed by atoms with E-state index in [2.05, 4.69) is 63.1 Å². The summed E-state index contributed by atoms with van der Waals surface area (Å²) in [5, 5.41) is 3.29. The molecule has 3 heteroatoms.